The highest BCUT2D eigenvalue weighted by Gasteiger charge is 2.28. The van der Waals surface area contributed by atoms with Gasteiger partial charge in [0.2, 0.25) is 5.09 Å². The molecule has 2 unspecified atom stereocenters. The molecule has 0 spiro atoms. The van der Waals surface area contributed by atoms with Gasteiger partial charge in [0.25, 0.3) is 10.0 Å². The summed E-state index contributed by atoms with van der Waals surface area (Å²) < 4.78 is 32.7. The van der Waals surface area contributed by atoms with Crippen LogP contribution in [0.15, 0.2) is 21.6 Å². The summed E-state index contributed by atoms with van der Waals surface area (Å²) in [5, 5.41) is 3.34. The molecule has 2 aliphatic rings. The maximum absolute atomic E-state index is 12.2. The van der Waals surface area contributed by atoms with Crippen molar-refractivity contribution >= 4 is 10.0 Å². The van der Waals surface area contributed by atoms with Gasteiger partial charge in [0.15, 0.2) is 0 Å². The standard InChI is InChI=1S/C14H22N2O3S/c1-10-2-3-12(8-10)16-20(17,18)14-7-6-13(19-14)9-15-11-4-5-11/h6-7,10-12,15-16H,2-5,8-9H2,1H3. The first-order chi connectivity index (χ1) is 9.53. The second-order valence-electron chi connectivity index (χ2n) is 6.11. The molecule has 0 radical (unpaired) electrons. The molecule has 1 aromatic heterocycles. The van der Waals surface area contributed by atoms with E-state index in [1.807, 2.05) is 0 Å². The van der Waals surface area contributed by atoms with E-state index in [4.69, 9.17) is 4.42 Å². The van der Waals surface area contributed by atoms with Crippen molar-refractivity contribution in [3.63, 3.8) is 0 Å². The van der Waals surface area contributed by atoms with Gasteiger partial charge in [-0.3, -0.25) is 0 Å². The lowest BCUT2D eigenvalue weighted by atomic mass is 10.1. The quantitative estimate of drug-likeness (QED) is 0.842. The Balaban J connectivity index is 1.61. The molecule has 2 fully saturated rings. The molecule has 0 saturated heterocycles. The number of nitrogens with one attached hydrogen (secondary N) is 2. The average Bonchev–Trinajstić information content (AvgIpc) is 2.93. The van der Waals surface area contributed by atoms with Gasteiger partial charge in [-0.1, -0.05) is 6.92 Å². The van der Waals surface area contributed by atoms with E-state index in [9.17, 15) is 8.42 Å². The van der Waals surface area contributed by atoms with Gasteiger partial charge in [-0.05, 0) is 50.2 Å². The lowest BCUT2D eigenvalue weighted by Crippen LogP contribution is -2.32. The fourth-order valence-electron chi connectivity index (χ4n) is 2.72. The molecule has 2 atom stereocenters. The zero-order valence-electron chi connectivity index (χ0n) is 11.8. The van der Waals surface area contributed by atoms with Gasteiger partial charge >= 0.3 is 0 Å². The molecule has 20 heavy (non-hydrogen) atoms. The first kappa shape index (κ1) is 14.1. The monoisotopic (exact) mass is 298 g/mol. The molecule has 0 aromatic carbocycles. The molecular formula is C14H22N2O3S. The summed E-state index contributed by atoms with van der Waals surface area (Å²) in [6.07, 6.45) is 5.32. The summed E-state index contributed by atoms with van der Waals surface area (Å²) in [6.45, 7) is 2.75. The summed E-state index contributed by atoms with van der Waals surface area (Å²) in [5.41, 5.74) is 0. The molecule has 1 aromatic rings. The topological polar surface area (TPSA) is 71.3 Å². The van der Waals surface area contributed by atoms with E-state index in [0.29, 0.717) is 24.3 Å². The highest BCUT2D eigenvalue weighted by atomic mass is 32.2. The summed E-state index contributed by atoms with van der Waals surface area (Å²) >= 11 is 0. The van der Waals surface area contributed by atoms with Crippen molar-refractivity contribution in [3.05, 3.63) is 17.9 Å². The van der Waals surface area contributed by atoms with Crippen LogP contribution < -0.4 is 10.0 Å². The van der Waals surface area contributed by atoms with Crippen LogP contribution in [0.4, 0.5) is 0 Å². The predicted octanol–water partition coefficient (Wildman–Crippen LogP) is 2.00. The summed E-state index contributed by atoms with van der Waals surface area (Å²) in [6, 6.07) is 3.91. The highest BCUT2D eigenvalue weighted by molar-refractivity contribution is 7.89. The van der Waals surface area contributed by atoms with Crippen molar-refractivity contribution in [1.82, 2.24) is 10.0 Å². The second kappa shape index (κ2) is 5.50. The van der Waals surface area contributed by atoms with Crippen LogP contribution in [-0.4, -0.2) is 20.5 Å². The number of sulfonamides is 1. The van der Waals surface area contributed by atoms with Gasteiger partial charge in [0.1, 0.15) is 5.76 Å². The van der Waals surface area contributed by atoms with Gasteiger partial charge in [-0.2, -0.15) is 0 Å². The minimum Gasteiger partial charge on any atom is -0.447 e. The maximum Gasteiger partial charge on any atom is 0.274 e. The van der Waals surface area contributed by atoms with Crippen LogP contribution in [-0.2, 0) is 16.6 Å². The van der Waals surface area contributed by atoms with Crippen LogP contribution in [0.1, 0.15) is 44.8 Å². The zero-order valence-corrected chi connectivity index (χ0v) is 12.6. The molecule has 6 heteroatoms. The molecule has 1 heterocycles. The van der Waals surface area contributed by atoms with Gasteiger partial charge in [0, 0.05) is 12.1 Å². The largest absolute Gasteiger partial charge is 0.447 e. The number of furan rings is 1. The van der Waals surface area contributed by atoms with Crippen molar-refractivity contribution in [1.29, 1.82) is 0 Å². The lowest BCUT2D eigenvalue weighted by Gasteiger charge is -2.11. The van der Waals surface area contributed by atoms with Crippen LogP contribution in [0, 0.1) is 5.92 Å². The smallest absolute Gasteiger partial charge is 0.274 e. The van der Waals surface area contributed by atoms with Crippen molar-refractivity contribution in [3.8, 4) is 0 Å². The Bertz CT molecular complexity index is 563. The minimum absolute atomic E-state index is 0.0321. The van der Waals surface area contributed by atoms with E-state index in [1.54, 1.807) is 12.1 Å². The molecule has 112 valence electrons. The zero-order chi connectivity index (χ0) is 14.2. The Hall–Kier alpha value is -0.850. The molecule has 2 aliphatic carbocycles. The van der Waals surface area contributed by atoms with Gasteiger partial charge in [-0.15, -0.1) is 0 Å². The number of hydrogen-bond acceptors (Lipinski definition) is 4. The molecule has 0 bridgehead atoms. The third-order valence-corrected chi connectivity index (χ3v) is 5.45. The fourth-order valence-corrected chi connectivity index (χ4v) is 3.95. The highest BCUT2D eigenvalue weighted by Crippen LogP contribution is 2.26. The van der Waals surface area contributed by atoms with E-state index >= 15 is 0 Å². The third-order valence-electron chi connectivity index (χ3n) is 4.06. The normalized spacial score (nSPS) is 27.1. The summed E-state index contributed by atoms with van der Waals surface area (Å²) in [5.74, 6) is 1.27. The fraction of sp³-hybridized carbons (Fsp3) is 0.714. The summed E-state index contributed by atoms with van der Waals surface area (Å²) in [4.78, 5) is 0. The number of hydrogen-bond donors (Lipinski definition) is 2. The van der Waals surface area contributed by atoms with Crippen LogP contribution in [0.5, 0.6) is 0 Å². The predicted molar refractivity (Wildman–Crippen MR) is 75.7 cm³/mol. The van der Waals surface area contributed by atoms with E-state index in [0.717, 1.165) is 19.3 Å². The third kappa shape index (κ3) is 3.42. The van der Waals surface area contributed by atoms with Crippen LogP contribution >= 0.6 is 0 Å². The van der Waals surface area contributed by atoms with Crippen molar-refractivity contribution in [2.24, 2.45) is 5.92 Å². The van der Waals surface area contributed by atoms with Crippen LogP contribution in [0.25, 0.3) is 0 Å². The number of rotatable bonds is 6. The first-order valence-electron chi connectivity index (χ1n) is 7.37. The molecule has 2 N–H and O–H groups in total. The van der Waals surface area contributed by atoms with Gasteiger partial charge < -0.3 is 9.73 Å². The van der Waals surface area contributed by atoms with E-state index in [-0.39, 0.29) is 11.1 Å². The van der Waals surface area contributed by atoms with Crippen molar-refractivity contribution in [2.45, 2.75) is 62.7 Å². The second-order valence-corrected chi connectivity index (χ2v) is 7.76. The van der Waals surface area contributed by atoms with E-state index < -0.39 is 10.0 Å². The Labute approximate surface area is 120 Å². The van der Waals surface area contributed by atoms with Crippen molar-refractivity contribution in [2.75, 3.05) is 0 Å². The maximum atomic E-state index is 12.2. The molecular weight excluding hydrogens is 276 g/mol. The first-order valence-corrected chi connectivity index (χ1v) is 8.85. The molecule has 0 aliphatic heterocycles. The lowest BCUT2D eigenvalue weighted by molar-refractivity contribution is 0.396. The Morgan fingerprint density at radius 1 is 1.20 bits per heavy atom. The molecule has 5 nitrogen and oxygen atoms in total. The van der Waals surface area contributed by atoms with Crippen LogP contribution in [0.3, 0.4) is 0 Å². The minimum atomic E-state index is -3.51. The average molecular weight is 298 g/mol. The molecule has 3 rings (SSSR count). The molecule has 0 amide bonds. The SMILES string of the molecule is CC1CCC(NS(=O)(=O)c2ccc(CNC3CC3)o2)C1. The Morgan fingerprint density at radius 2 is 1.95 bits per heavy atom. The van der Waals surface area contributed by atoms with Crippen molar-refractivity contribution < 1.29 is 12.8 Å². The molecule has 2 saturated carbocycles. The van der Waals surface area contributed by atoms with Gasteiger partial charge in [0.05, 0.1) is 6.54 Å². The van der Waals surface area contributed by atoms with E-state index in [2.05, 4.69) is 17.0 Å². The Morgan fingerprint density at radius 3 is 2.60 bits per heavy atom. The van der Waals surface area contributed by atoms with Gasteiger partial charge in [-0.25, -0.2) is 13.1 Å². The Kier molecular flexibility index (Phi) is 3.88. The van der Waals surface area contributed by atoms with E-state index in [1.165, 1.54) is 12.8 Å². The van der Waals surface area contributed by atoms with Crippen LogP contribution in [0.2, 0.25) is 0 Å². The summed E-state index contributed by atoms with van der Waals surface area (Å²) in [7, 11) is -3.51.